The first-order valence-electron chi connectivity index (χ1n) is 11.7. The lowest BCUT2D eigenvalue weighted by Crippen LogP contribution is -2.60. The maximum atomic E-state index is 12.6. The number of phenols is 2. The SMILES string of the molecule is O=C(/C=C/c1ccc(O)c(O)c1)O[C@H]1[C@@H]2C=CO[C@@H](OC3OC(CO)C(O)C(O)C3O)[C@@H]2[C@@]2(CO)O[C@@H]12. The van der Waals surface area contributed by atoms with E-state index < -0.39 is 85.8 Å². The molecule has 0 amide bonds. The lowest BCUT2D eigenvalue weighted by molar-refractivity contribution is -0.344. The van der Waals surface area contributed by atoms with E-state index in [2.05, 4.69) is 0 Å². The smallest absolute Gasteiger partial charge is 0.331 e. The second-order valence-corrected chi connectivity index (χ2v) is 9.40. The van der Waals surface area contributed by atoms with Gasteiger partial charge in [-0.15, -0.1) is 0 Å². The quantitative estimate of drug-likeness (QED) is 0.0900. The average Bonchev–Trinajstić information content (AvgIpc) is 3.57. The Hall–Kier alpha value is -2.75. The van der Waals surface area contributed by atoms with Gasteiger partial charge in [-0.2, -0.15) is 0 Å². The van der Waals surface area contributed by atoms with Crippen molar-refractivity contribution in [1.29, 1.82) is 0 Å². The molecule has 2 saturated heterocycles. The Kier molecular flexibility index (Phi) is 6.89. The highest BCUT2D eigenvalue weighted by Crippen LogP contribution is 2.60. The van der Waals surface area contributed by atoms with Crippen LogP contribution in [0.3, 0.4) is 0 Å². The number of rotatable bonds is 7. The van der Waals surface area contributed by atoms with Gasteiger partial charge in [0, 0.05) is 12.0 Å². The molecule has 1 aromatic rings. The summed E-state index contributed by atoms with van der Waals surface area (Å²) in [6.45, 7) is -1.08. The zero-order chi connectivity index (χ0) is 26.5. The molecule has 202 valence electrons. The van der Waals surface area contributed by atoms with Crippen LogP contribution < -0.4 is 0 Å². The molecule has 11 atom stereocenters. The molecular weight excluding hydrogens is 496 g/mol. The fourth-order valence-corrected chi connectivity index (χ4v) is 5.27. The average molecular weight is 524 g/mol. The van der Waals surface area contributed by atoms with Gasteiger partial charge in [-0.1, -0.05) is 6.07 Å². The number of epoxide rings is 1. The van der Waals surface area contributed by atoms with Crippen molar-refractivity contribution < 1.29 is 64.2 Å². The second kappa shape index (κ2) is 9.85. The zero-order valence-electron chi connectivity index (χ0n) is 19.3. The van der Waals surface area contributed by atoms with Crippen molar-refractivity contribution in [2.45, 2.75) is 54.8 Å². The molecule has 0 radical (unpaired) electrons. The summed E-state index contributed by atoms with van der Waals surface area (Å²) in [5.41, 5.74) is -0.714. The van der Waals surface area contributed by atoms with Crippen molar-refractivity contribution in [3.8, 4) is 11.5 Å². The highest BCUT2D eigenvalue weighted by Gasteiger charge is 2.77. The Morgan fingerprint density at radius 3 is 2.54 bits per heavy atom. The van der Waals surface area contributed by atoms with E-state index in [1.165, 1.54) is 30.5 Å². The summed E-state index contributed by atoms with van der Waals surface area (Å²) < 4.78 is 28.2. The van der Waals surface area contributed by atoms with Gasteiger partial charge in [-0.05, 0) is 29.8 Å². The molecule has 1 saturated carbocycles. The fourth-order valence-electron chi connectivity index (χ4n) is 5.27. The van der Waals surface area contributed by atoms with Gasteiger partial charge >= 0.3 is 5.97 Å². The maximum Gasteiger partial charge on any atom is 0.331 e. The van der Waals surface area contributed by atoms with Crippen LogP contribution in [0.4, 0.5) is 0 Å². The first-order valence-corrected chi connectivity index (χ1v) is 11.7. The van der Waals surface area contributed by atoms with Crippen molar-refractivity contribution >= 4 is 12.0 Å². The number of phenolic OH excluding ortho intramolecular Hbond substituents is 2. The monoisotopic (exact) mass is 524 g/mol. The highest BCUT2D eigenvalue weighted by molar-refractivity contribution is 5.87. The first-order chi connectivity index (χ1) is 17.7. The van der Waals surface area contributed by atoms with Gasteiger partial charge in [0.25, 0.3) is 0 Å². The maximum absolute atomic E-state index is 12.6. The fraction of sp³-hybridized carbons (Fsp3) is 0.542. The molecule has 5 unspecified atom stereocenters. The molecule has 3 aliphatic heterocycles. The van der Waals surface area contributed by atoms with Crippen LogP contribution >= 0.6 is 0 Å². The molecule has 0 bridgehead atoms. The van der Waals surface area contributed by atoms with E-state index in [0.29, 0.717) is 5.56 Å². The van der Waals surface area contributed by atoms with Gasteiger partial charge in [0.2, 0.25) is 6.29 Å². The van der Waals surface area contributed by atoms with Crippen LogP contribution in [0.15, 0.2) is 36.6 Å². The molecule has 1 aliphatic carbocycles. The molecule has 3 fully saturated rings. The van der Waals surface area contributed by atoms with Gasteiger partial charge in [0.1, 0.15) is 42.2 Å². The summed E-state index contributed by atoms with van der Waals surface area (Å²) in [4.78, 5) is 12.6. The van der Waals surface area contributed by atoms with E-state index in [-0.39, 0.29) is 11.5 Å². The summed E-state index contributed by atoms with van der Waals surface area (Å²) >= 11 is 0. The minimum Gasteiger partial charge on any atom is -0.504 e. The Morgan fingerprint density at radius 2 is 1.84 bits per heavy atom. The third-order valence-corrected chi connectivity index (χ3v) is 7.26. The number of aliphatic hydroxyl groups excluding tert-OH is 5. The molecule has 0 aromatic heterocycles. The van der Waals surface area contributed by atoms with Crippen molar-refractivity contribution in [3.63, 3.8) is 0 Å². The number of hydrogen-bond donors (Lipinski definition) is 7. The molecule has 37 heavy (non-hydrogen) atoms. The number of carbonyl (C=O) groups is 1. The Labute approximate surface area is 210 Å². The predicted octanol–water partition coefficient (Wildman–Crippen LogP) is -1.91. The molecule has 0 spiro atoms. The number of benzene rings is 1. The highest BCUT2D eigenvalue weighted by atomic mass is 16.8. The minimum absolute atomic E-state index is 0.297. The molecular formula is C24H28O13. The lowest BCUT2D eigenvalue weighted by Gasteiger charge is -2.43. The van der Waals surface area contributed by atoms with Crippen LogP contribution in [-0.4, -0.2) is 110 Å². The lowest BCUT2D eigenvalue weighted by atomic mass is 9.85. The summed E-state index contributed by atoms with van der Waals surface area (Å²) in [6.07, 6.45) is -4.68. The van der Waals surface area contributed by atoms with Gasteiger partial charge in [0.05, 0.1) is 25.4 Å². The number of aliphatic hydroxyl groups is 5. The molecule has 4 aliphatic rings. The van der Waals surface area contributed by atoms with Crippen molar-refractivity contribution in [2.24, 2.45) is 11.8 Å². The summed E-state index contributed by atoms with van der Waals surface area (Å²) in [7, 11) is 0. The summed E-state index contributed by atoms with van der Waals surface area (Å²) in [5.74, 6) is -2.56. The van der Waals surface area contributed by atoms with Gasteiger partial charge in [0.15, 0.2) is 17.8 Å². The van der Waals surface area contributed by atoms with Crippen LogP contribution in [0.2, 0.25) is 0 Å². The number of carbonyl (C=O) groups excluding carboxylic acids is 1. The summed E-state index contributed by atoms with van der Waals surface area (Å²) in [5, 5.41) is 69.0. The Bertz CT molecular complexity index is 1070. The minimum atomic E-state index is -1.66. The van der Waals surface area contributed by atoms with Crippen LogP contribution in [0.25, 0.3) is 6.08 Å². The van der Waals surface area contributed by atoms with Crippen LogP contribution in [0, 0.1) is 11.8 Å². The largest absolute Gasteiger partial charge is 0.504 e. The number of aromatic hydroxyl groups is 2. The normalized spacial score (nSPS) is 42.2. The molecule has 13 heteroatoms. The second-order valence-electron chi connectivity index (χ2n) is 9.40. The summed E-state index contributed by atoms with van der Waals surface area (Å²) in [6, 6.07) is 4.04. The van der Waals surface area contributed by atoms with Crippen LogP contribution in [0.1, 0.15) is 5.56 Å². The third kappa shape index (κ3) is 4.47. The topological polar surface area (TPSA) is 208 Å². The Morgan fingerprint density at radius 1 is 1.05 bits per heavy atom. The van der Waals surface area contributed by atoms with E-state index in [1.807, 2.05) is 0 Å². The number of fused-ring (bicyclic) bond motifs is 3. The molecule has 1 aromatic carbocycles. The van der Waals surface area contributed by atoms with E-state index >= 15 is 0 Å². The number of esters is 1. The van der Waals surface area contributed by atoms with Crippen molar-refractivity contribution in [3.05, 3.63) is 42.2 Å². The molecule has 5 rings (SSSR count). The molecule has 3 heterocycles. The third-order valence-electron chi connectivity index (χ3n) is 7.26. The molecule has 7 N–H and O–H groups in total. The zero-order valence-corrected chi connectivity index (χ0v) is 19.3. The van der Waals surface area contributed by atoms with Gasteiger partial charge < -0.3 is 59.4 Å². The van der Waals surface area contributed by atoms with E-state index in [9.17, 15) is 40.5 Å². The number of ether oxygens (including phenoxy) is 5. The van der Waals surface area contributed by atoms with E-state index in [1.54, 1.807) is 6.08 Å². The van der Waals surface area contributed by atoms with Gasteiger partial charge in [-0.3, -0.25) is 0 Å². The van der Waals surface area contributed by atoms with Crippen LogP contribution in [-0.2, 0) is 28.5 Å². The molecule has 13 nitrogen and oxygen atoms in total. The van der Waals surface area contributed by atoms with E-state index in [4.69, 9.17) is 23.7 Å². The number of hydrogen-bond acceptors (Lipinski definition) is 13. The van der Waals surface area contributed by atoms with Gasteiger partial charge in [-0.25, -0.2) is 4.79 Å². The van der Waals surface area contributed by atoms with E-state index in [0.717, 1.165) is 6.08 Å². The first kappa shape index (κ1) is 25.9. The van der Waals surface area contributed by atoms with Crippen molar-refractivity contribution in [1.82, 2.24) is 0 Å². The Balaban J connectivity index is 1.30. The predicted molar refractivity (Wildman–Crippen MR) is 119 cm³/mol. The van der Waals surface area contributed by atoms with Crippen molar-refractivity contribution in [2.75, 3.05) is 13.2 Å². The standard InChI is InChI=1S/C24H28O13/c25-8-14-17(30)18(31)19(32)23(34-14)36-22-16-11(5-6-33-22)20(21-24(16,9-26)37-21)35-15(29)4-2-10-1-3-12(27)13(28)7-10/h1-7,11,14,16-23,25-28,30-32H,8-9H2/b4-2+/t11-,14?,16-,17?,18?,19?,20+,21+,22+,23?,24-/m1/s1. The van der Waals surface area contributed by atoms with Crippen LogP contribution in [0.5, 0.6) is 11.5 Å².